The van der Waals surface area contributed by atoms with Crippen LogP contribution in [0.2, 0.25) is 0 Å². The molecule has 3 rings (SSSR count). The molecule has 0 radical (unpaired) electrons. The first-order valence-electron chi connectivity index (χ1n) is 12.3. The molecule has 2 aromatic rings. The van der Waals surface area contributed by atoms with Gasteiger partial charge in [-0.05, 0) is 61.8 Å². The summed E-state index contributed by atoms with van der Waals surface area (Å²) < 4.78 is 14.4. The first-order chi connectivity index (χ1) is 18.1. The molecule has 0 spiro atoms. The SMILES string of the molecule is C=CCc1c(O)c(C(=O)OC)c(C(=O)OC)c(C)c1CC.C=CCc1c(O)c2c(c(C)c1CC)COC2=O. The Morgan fingerprint density at radius 1 is 0.842 bits per heavy atom. The molecule has 2 N–H and O–H groups in total. The molecule has 0 atom stereocenters. The number of allylic oxidation sites excluding steroid dienone is 2. The molecule has 8 heteroatoms. The molecule has 8 nitrogen and oxygen atoms in total. The number of esters is 3. The molecule has 0 aliphatic carbocycles. The van der Waals surface area contributed by atoms with E-state index in [2.05, 4.69) is 17.9 Å². The van der Waals surface area contributed by atoms with Crippen molar-refractivity contribution >= 4 is 17.9 Å². The minimum Gasteiger partial charge on any atom is -0.507 e. The van der Waals surface area contributed by atoms with Crippen molar-refractivity contribution in [1.29, 1.82) is 0 Å². The Labute approximate surface area is 223 Å². The van der Waals surface area contributed by atoms with Crippen LogP contribution in [0.4, 0.5) is 0 Å². The van der Waals surface area contributed by atoms with Gasteiger partial charge in [0.05, 0.1) is 19.8 Å². The van der Waals surface area contributed by atoms with E-state index < -0.39 is 17.9 Å². The molecule has 1 heterocycles. The second-order valence-electron chi connectivity index (χ2n) is 8.72. The smallest absolute Gasteiger partial charge is 0.342 e. The normalized spacial score (nSPS) is 11.6. The van der Waals surface area contributed by atoms with Crippen LogP contribution in [0.3, 0.4) is 0 Å². The largest absolute Gasteiger partial charge is 0.507 e. The highest BCUT2D eigenvalue weighted by atomic mass is 16.5. The fraction of sp³-hybridized carbons (Fsp3) is 0.367. The van der Waals surface area contributed by atoms with Crippen LogP contribution < -0.4 is 0 Å². The molecule has 0 bridgehead atoms. The molecule has 0 unspecified atom stereocenters. The fourth-order valence-corrected chi connectivity index (χ4v) is 4.96. The summed E-state index contributed by atoms with van der Waals surface area (Å²) in [6.45, 7) is 15.3. The van der Waals surface area contributed by atoms with Crippen molar-refractivity contribution in [2.75, 3.05) is 14.2 Å². The molecule has 1 aliphatic heterocycles. The quantitative estimate of drug-likeness (QED) is 0.274. The van der Waals surface area contributed by atoms with E-state index in [0.717, 1.165) is 34.2 Å². The number of hydrogen-bond acceptors (Lipinski definition) is 8. The summed E-state index contributed by atoms with van der Waals surface area (Å²) in [5.41, 5.74) is 6.02. The number of methoxy groups -OCH3 is 2. The number of carbonyl (C=O) groups is 3. The summed E-state index contributed by atoms with van der Waals surface area (Å²) in [5.74, 6) is -2.05. The highest BCUT2D eigenvalue weighted by molar-refractivity contribution is 6.07. The van der Waals surface area contributed by atoms with Crippen LogP contribution in [0, 0.1) is 13.8 Å². The van der Waals surface area contributed by atoms with Gasteiger partial charge in [0.25, 0.3) is 0 Å². The lowest BCUT2D eigenvalue weighted by Crippen LogP contribution is -2.17. The van der Waals surface area contributed by atoms with E-state index in [9.17, 15) is 24.6 Å². The number of cyclic esters (lactones) is 1. The van der Waals surface area contributed by atoms with Gasteiger partial charge in [-0.3, -0.25) is 0 Å². The van der Waals surface area contributed by atoms with Gasteiger partial charge in [0.2, 0.25) is 0 Å². The first kappa shape index (κ1) is 30.2. The molecule has 0 saturated heterocycles. The monoisotopic (exact) mass is 524 g/mol. The summed E-state index contributed by atoms with van der Waals surface area (Å²) >= 11 is 0. The topological polar surface area (TPSA) is 119 Å². The van der Waals surface area contributed by atoms with E-state index in [1.54, 1.807) is 19.1 Å². The summed E-state index contributed by atoms with van der Waals surface area (Å²) in [6.07, 6.45) is 5.75. The molecule has 204 valence electrons. The number of carbonyl (C=O) groups excluding carboxylic acids is 3. The Morgan fingerprint density at radius 2 is 1.32 bits per heavy atom. The standard InChI is InChI=1S/C16H20O5.C14H16O3/c1-6-8-11-10(7-2)9(3)12(15(18)20-4)13(14(11)17)16(19)21-5;1-4-6-10-9(5-2)8(3)11-7-17-14(16)12(11)13(10)15/h6,17H,1,7-8H2,2-5H3;4,15H,1,5-7H2,2-3H3. The zero-order valence-electron chi connectivity index (χ0n) is 22.9. The van der Waals surface area contributed by atoms with Gasteiger partial charge in [-0.1, -0.05) is 26.0 Å². The molecule has 1 aliphatic rings. The van der Waals surface area contributed by atoms with E-state index in [0.29, 0.717) is 36.0 Å². The van der Waals surface area contributed by atoms with Crippen LogP contribution in [0.5, 0.6) is 11.5 Å². The van der Waals surface area contributed by atoms with Crippen molar-refractivity contribution < 1.29 is 38.8 Å². The molecule has 38 heavy (non-hydrogen) atoms. The maximum atomic E-state index is 12.0. The predicted molar refractivity (Wildman–Crippen MR) is 144 cm³/mol. The lowest BCUT2D eigenvalue weighted by Gasteiger charge is -2.19. The van der Waals surface area contributed by atoms with Crippen LogP contribution in [-0.2, 0) is 46.5 Å². The third-order valence-corrected chi connectivity index (χ3v) is 6.79. The number of phenolic OH excluding ortho intramolecular Hbond substituents is 2. The lowest BCUT2D eigenvalue weighted by molar-refractivity contribution is 0.0531. The Kier molecular flexibility index (Phi) is 10.3. The molecule has 0 saturated carbocycles. The Hall–Kier alpha value is -4.07. The predicted octanol–water partition coefficient (Wildman–Crippen LogP) is 5.23. The Balaban J connectivity index is 0.000000272. The Morgan fingerprint density at radius 3 is 1.79 bits per heavy atom. The minimum atomic E-state index is -0.774. The van der Waals surface area contributed by atoms with Gasteiger partial charge >= 0.3 is 17.9 Å². The second kappa shape index (κ2) is 12.9. The number of benzene rings is 2. The molecule has 2 aromatic carbocycles. The van der Waals surface area contributed by atoms with Gasteiger partial charge in [0.15, 0.2) is 0 Å². The van der Waals surface area contributed by atoms with Gasteiger partial charge < -0.3 is 24.4 Å². The average molecular weight is 525 g/mol. The fourth-order valence-electron chi connectivity index (χ4n) is 4.96. The van der Waals surface area contributed by atoms with Crippen molar-refractivity contribution in [1.82, 2.24) is 0 Å². The van der Waals surface area contributed by atoms with E-state index in [4.69, 9.17) is 9.47 Å². The number of rotatable bonds is 8. The van der Waals surface area contributed by atoms with Gasteiger partial charge in [-0.15, -0.1) is 13.2 Å². The number of hydrogen-bond donors (Lipinski definition) is 2. The van der Waals surface area contributed by atoms with E-state index in [-0.39, 0.29) is 29.2 Å². The van der Waals surface area contributed by atoms with Crippen LogP contribution >= 0.6 is 0 Å². The molecule has 0 aromatic heterocycles. The summed E-state index contributed by atoms with van der Waals surface area (Å²) in [6, 6.07) is 0. The molecular weight excluding hydrogens is 488 g/mol. The third kappa shape index (κ3) is 5.44. The number of aromatic hydroxyl groups is 2. The van der Waals surface area contributed by atoms with Crippen LogP contribution in [0.25, 0.3) is 0 Å². The molecular formula is C30H36O8. The van der Waals surface area contributed by atoms with Crippen molar-refractivity contribution in [3.63, 3.8) is 0 Å². The average Bonchev–Trinajstić information content (AvgIpc) is 3.30. The maximum Gasteiger partial charge on any atom is 0.342 e. The van der Waals surface area contributed by atoms with Crippen molar-refractivity contribution in [2.24, 2.45) is 0 Å². The lowest BCUT2D eigenvalue weighted by atomic mass is 9.88. The van der Waals surface area contributed by atoms with Crippen molar-refractivity contribution in [3.05, 3.63) is 80.9 Å². The summed E-state index contributed by atoms with van der Waals surface area (Å²) in [7, 11) is 2.42. The van der Waals surface area contributed by atoms with Gasteiger partial charge in [-0.2, -0.15) is 0 Å². The van der Waals surface area contributed by atoms with Crippen molar-refractivity contribution in [2.45, 2.75) is 60.0 Å². The Bertz CT molecular complexity index is 1290. The van der Waals surface area contributed by atoms with Crippen LogP contribution in [0.1, 0.15) is 83.9 Å². The maximum absolute atomic E-state index is 12.0. The number of fused-ring (bicyclic) bond motifs is 1. The summed E-state index contributed by atoms with van der Waals surface area (Å²) in [5, 5.41) is 20.6. The molecule has 0 amide bonds. The zero-order chi connectivity index (χ0) is 28.7. The number of ether oxygens (including phenoxy) is 3. The highest BCUT2D eigenvalue weighted by Gasteiger charge is 2.31. The molecule has 0 fully saturated rings. The third-order valence-electron chi connectivity index (χ3n) is 6.79. The van der Waals surface area contributed by atoms with Gasteiger partial charge in [0.1, 0.15) is 29.2 Å². The summed E-state index contributed by atoms with van der Waals surface area (Å²) in [4.78, 5) is 35.6. The van der Waals surface area contributed by atoms with Crippen LogP contribution in [-0.4, -0.2) is 42.3 Å². The van der Waals surface area contributed by atoms with Crippen LogP contribution in [0.15, 0.2) is 25.3 Å². The van der Waals surface area contributed by atoms with Crippen molar-refractivity contribution in [3.8, 4) is 11.5 Å². The van der Waals surface area contributed by atoms with E-state index in [1.807, 2.05) is 20.8 Å². The van der Waals surface area contributed by atoms with E-state index in [1.165, 1.54) is 14.2 Å². The van der Waals surface area contributed by atoms with Gasteiger partial charge in [0, 0.05) is 16.7 Å². The second-order valence-corrected chi connectivity index (χ2v) is 8.72. The zero-order valence-corrected chi connectivity index (χ0v) is 22.9. The van der Waals surface area contributed by atoms with E-state index >= 15 is 0 Å². The minimum absolute atomic E-state index is 0.0477. The highest BCUT2D eigenvalue weighted by Crippen LogP contribution is 2.38. The first-order valence-corrected chi connectivity index (χ1v) is 12.3. The number of phenols is 2. The van der Waals surface area contributed by atoms with Gasteiger partial charge in [-0.25, -0.2) is 14.4 Å².